The van der Waals surface area contributed by atoms with Crippen LogP contribution in [0, 0.1) is 0 Å². The fraction of sp³-hybridized carbons (Fsp3) is 0.333. The number of rotatable bonds is 4. The van der Waals surface area contributed by atoms with Gasteiger partial charge in [-0.25, -0.2) is 9.78 Å². The lowest BCUT2D eigenvalue weighted by Crippen LogP contribution is -2.14. The molecule has 0 spiro atoms. The third kappa shape index (κ3) is 2.52. The predicted octanol–water partition coefficient (Wildman–Crippen LogP) is 2.86. The van der Waals surface area contributed by atoms with E-state index in [-0.39, 0.29) is 5.56 Å². The molecule has 0 fully saturated rings. The van der Waals surface area contributed by atoms with Crippen LogP contribution in [0.15, 0.2) is 29.1 Å². The molecular formula is C15H16N2O3. The number of nitrogens with one attached hydrogen (secondary N) is 1. The van der Waals surface area contributed by atoms with Crippen LogP contribution in [0.1, 0.15) is 40.0 Å². The van der Waals surface area contributed by atoms with Gasteiger partial charge in [-0.2, -0.15) is 0 Å². The van der Waals surface area contributed by atoms with Crippen LogP contribution in [0.2, 0.25) is 0 Å². The molecule has 2 aromatic heterocycles. The van der Waals surface area contributed by atoms with Crippen molar-refractivity contribution < 1.29 is 14.3 Å². The van der Waals surface area contributed by atoms with Gasteiger partial charge in [0, 0.05) is 17.8 Å². The lowest BCUT2D eigenvalue weighted by Gasteiger charge is -2.18. The zero-order valence-corrected chi connectivity index (χ0v) is 11.1. The predicted molar refractivity (Wildman–Crippen MR) is 73.9 cm³/mol. The molecule has 5 nitrogen and oxygen atoms in total. The van der Waals surface area contributed by atoms with Crippen molar-refractivity contribution in [2.75, 3.05) is 5.32 Å². The van der Waals surface area contributed by atoms with Crippen LogP contribution < -0.4 is 5.32 Å². The van der Waals surface area contributed by atoms with Crippen LogP contribution >= 0.6 is 0 Å². The minimum Gasteiger partial charge on any atom is -0.478 e. The maximum absolute atomic E-state index is 11.4. The van der Waals surface area contributed by atoms with Crippen molar-refractivity contribution in [3.8, 4) is 0 Å². The van der Waals surface area contributed by atoms with Crippen molar-refractivity contribution in [1.29, 1.82) is 0 Å². The number of carboxylic acids is 1. The second-order valence-electron chi connectivity index (χ2n) is 4.99. The highest BCUT2D eigenvalue weighted by Crippen LogP contribution is 2.25. The molecule has 0 atom stereocenters. The third-order valence-electron chi connectivity index (χ3n) is 3.57. The summed E-state index contributed by atoms with van der Waals surface area (Å²) in [4.78, 5) is 15.9. The molecule has 2 heterocycles. The van der Waals surface area contributed by atoms with Gasteiger partial charge in [-0.1, -0.05) is 0 Å². The second kappa shape index (κ2) is 5.36. The standard InChI is InChI=1S/C15H16N2O3/c18-15(19)12-7-11-3-1-2-4-13(11)17-14(12)16-8-10-5-6-20-9-10/h5-7,9H,1-4,8H2,(H,16,17)(H,18,19). The van der Waals surface area contributed by atoms with E-state index in [1.165, 1.54) is 0 Å². The molecule has 0 saturated heterocycles. The van der Waals surface area contributed by atoms with E-state index in [2.05, 4.69) is 10.3 Å². The average Bonchev–Trinajstić information content (AvgIpc) is 2.97. The van der Waals surface area contributed by atoms with E-state index in [9.17, 15) is 9.90 Å². The smallest absolute Gasteiger partial charge is 0.339 e. The van der Waals surface area contributed by atoms with E-state index in [1.807, 2.05) is 6.07 Å². The van der Waals surface area contributed by atoms with E-state index in [1.54, 1.807) is 18.6 Å². The Labute approximate surface area is 116 Å². The number of hydrogen-bond donors (Lipinski definition) is 2. The Morgan fingerprint density at radius 3 is 3.00 bits per heavy atom. The van der Waals surface area contributed by atoms with Gasteiger partial charge in [0.05, 0.1) is 12.5 Å². The molecule has 0 saturated carbocycles. The van der Waals surface area contributed by atoms with Gasteiger partial charge < -0.3 is 14.8 Å². The van der Waals surface area contributed by atoms with E-state index in [0.29, 0.717) is 12.4 Å². The van der Waals surface area contributed by atoms with Crippen LogP contribution in [0.3, 0.4) is 0 Å². The first-order chi connectivity index (χ1) is 9.74. The second-order valence-corrected chi connectivity index (χ2v) is 4.99. The maximum Gasteiger partial charge on any atom is 0.339 e. The van der Waals surface area contributed by atoms with Crippen molar-refractivity contribution in [2.45, 2.75) is 32.2 Å². The summed E-state index contributed by atoms with van der Waals surface area (Å²) in [6.07, 6.45) is 7.30. The lowest BCUT2D eigenvalue weighted by molar-refractivity contribution is 0.0697. The summed E-state index contributed by atoms with van der Waals surface area (Å²) >= 11 is 0. The first kappa shape index (κ1) is 12.7. The molecule has 2 N–H and O–H groups in total. The molecule has 0 amide bonds. The van der Waals surface area contributed by atoms with Gasteiger partial charge in [0.1, 0.15) is 11.4 Å². The highest BCUT2D eigenvalue weighted by atomic mass is 16.4. The largest absolute Gasteiger partial charge is 0.478 e. The monoisotopic (exact) mass is 272 g/mol. The molecule has 5 heteroatoms. The van der Waals surface area contributed by atoms with Crippen molar-refractivity contribution in [1.82, 2.24) is 4.98 Å². The Balaban J connectivity index is 1.89. The Kier molecular flexibility index (Phi) is 3.41. The number of anilines is 1. The first-order valence-corrected chi connectivity index (χ1v) is 6.75. The van der Waals surface area contributed by atoms with Gasteiger partial charge in [0.15, 0.2) is 0 Å². The number of nitrogens with zero attached hydrogens (tertiary/aromatic N) is 1. The number of fused-ring (bicyclic) bond motifs is 1. The topological polar surface area (TPSA) is 75.4 Å². The van der Waals surface area contributed by atoms with Gasteiger partial charge in [-0.05, 0) is 43.4 Å². The van der Waals surface area contributed by atoms with E-state index < -0.39 is 5.97 Å². The quantitative estimate of drug-likeness (QED) is 0.895. The Bertz CT molecular complexity index is 620. The van der Waals surface area contributed by atoms with Gasteiger partial charge in [0.25, 0.3) is 0 Å². The molecule has 1 aliphatic rings. The van der Waals surface area contributed by atoms with Crippen molar-refractivity contribution in [3.63, 3.8) is 0 Å². The summed E-state index contributed by atoms with van der Waals surface area (Å²) in [5, 5.41) is 12.4. The molecule has 2 aromatic rings. The summed E-state index contributed by atoms with van der Waals surface area (Å²) in [6.45, 7) is 0.503. The molecule has 0 bridgehead atoms. The number of aromatic nitrogens is 1. The molecule has 20 heavy (non-hydrogen) atoms. The minimum absolute atomic E-state index is 0.245. The number of aryl methyl sites for hydroxylation is 2. The normalized spacial score (nSPS) is 13.8. The van der Waals surface area contributed by atoms with Gasteiger partial charge >= 0.3 is 5.97 Å². The summed E-state index contributed by atoms with van der Waals surface area (Å²) < 4.78 is 4.99. The molecule has 0 unspecified atom stereocenters. The molecule has 0 radical (unpaired) electrons. The number of hydrogen-bond acceptors (Lipinski definition) is 4. The van der Waals surface area contributed by atoms with Crippen molar-refractivity contribution in [3.05, 3.63) is 47.0 Å². The number of carboxylic acid groups (broad SMARTS) is 1. The van der Waals surface area contributed by atoms with Crippen LogP contribution in [-0.4, -0.2) is 16.1 Å². The highest BCUT2D eigenvalue weighted by Gasteiger charge is 2.18. The van der Waals surface area contributed by atoms with E-state index in [4.69, 9.17) is 4.42 Å². The van der Waals surface area contributed by atoms with Crippen LogP contribution in [0.25, 0.3) is 0 Å². The SMILES string of the molecule is O=C(O)c1cc2c(nc1NCc1ccoc1)CCCC2. The molecule has 1 aliphatic carbocycles. The minimum atomic E-state index is -0.944. The van der Waals surface area contributed by atoms with E-state index >= 15 is 0 Å². The molecule has 3 rings (SSSR count). The number of furan rings is 1. The summed E-state index contributed by atoms with van der Waals surface area (Å²) in [7, 11) is 0. The number of pyridine rings is 1. The maximum atomic E-state index is 11.4. The summed E-state index contributed by atoms with van der Waals surface area (Å²) in [5.74, 6) is -0.500. The first-order valence-electron chi connectivity index (χ1n) is 6.75. The van der Waals surface area contributed by atoms with Gasteiger partial charge in [-0.3, -0.25) is 0 Å². The summed E-state index contributed by atoms with van der Waals surface area (Å²) in [6, 6.07) is 3.60. The van der Waals surface area contributed by atoms with Crippen LogP contribution in [0.4, 0.5) is 5.82 Å². The van der Waals surface area contributed by atoms with Crippen LogP contribution in [0.5, 0.6) is 0 Å². The van der Waals surface area contributed by atoms with Crippen molar-refractivity contribution >= 4 is 11.8 Å². The van der Waals surface area contributed by atoms with Gasteiger partial charge in [-0.15, -0.1) is 0 Å². The average molecular weight is 272 g/mol. The number of aromatic carboxylic acids is 1. The molecule has 104 valence electrons. The Morgan fingerprint density at radius 1 is 1.40 bits per heavy atom. The molecule has 0 aliphatic heterocycles. The van der Waals surface area contributed by atoms with E-state index in [0.717, 1.165) is 42.5 Å². The third-order valence-corrected chi connectivity index (χ3v) is 3.57. The van der Waals surface area contributed by atoms with Crippen LogP contribution in [-0.2, 0) is 19.4 Å². The molecular weight excluding hydrogens is 256 g/mol. The Morgan fingerprint density at radius 2 is 2.25 bits per heavy atom. The zero-order valence-electron chi connectivity index (χ0n) is 11.1. The summed E-state index contributed by atoms with van der Waals surface area (Å²) in [5.41, 5.74) is 3.30. The Hall–Kier alpha value is -2.30. The zero-order chi connectivity index (χ0) is 13.9. The fourth-order valence-corrected chi connectivity index (χ4v) is 2.51. The molecule has 0 aromatic carbocycles. The van der Waals surface area contributed by atoms with Gasteiger partial charge in [0.2, 0.25) is 0 Å². The lowest BCUT2D eigenvalue weighted by atomic mass is 9.94. The number of carbonyl (C=O) groups is 1. The highest BCUT2D eigenvalue weighted by molar-refractivity contribution is 5.93. The fourth-order valence-electron chi connectivity index (χ4n) is 2.51. The van der Waals surface area contributed by atoms with Crippen molar-refractivity contribution in [2.24, 2.45) is 0 Å².